The average Bonchev–Trinajstić information content (AvgIpc) is 2.02. The largest absolute Gasteiger partial charge is 0.439 e. The Hall–Kier alpha value is -0.650. The molecule has 2 aliphatic heterocycles. The molecule has 5 nitrogen and oxygen atoms in total. The third-order valence-electron chi connectivity index (χ3n) is 2.11. The van der Waals surface area contributed by atoms with Gasteiger partial charge in [-0.2, -0.15) is 0 Å². The number of rotatable bonds is 1. The molecule has 0 amide bonds. The van der Waals surface area contributed by atoms with Gasteiger partial charge in [-0.15, -0.1) is 0 Å². The van der Waals surface area contributed by atoms with E-state index >= 15 is 0 Å². The molecule has 0 saturated carbocycles. The summed E-state index contributed by atoms with van der Waals surface area (Å²) in [5.74, 6) is -0.317. The van der Waals surface area contributed by atoms with Gasteiger partial charge in [-0.05, 0) is 0 Å². The molecule has 13 heavy (non-hydrogen) atoms. The second-order valence-corrected chi connectivity index (χ2v) is 3.46. The predicted octanol–water partition coefficient (Wildman–Crippen LogP) is -0.736. The van der Waals surface area contributed by atoms with Gasteiger partial charge in [-0.3, -0.25) is 10.1 Å². The Labute approximate surface area is 76.3 Å². The zero-order chi connectivity index (χ0) is 9.31. The highest BCUT2D eigenvalue weighted by Crippen LogP contribution is 2.19. The lowest BCUT2D eigenvalue weighted by molar-refractivity contribution is -0.217. The second kappa shape index (κ2) is 3.25. The highest BCUT2D eigenvalue weighted by molar-refractivity contribution is 5.66. The minimum absolute atomic E-state index is 0.141. The van der Waals surface area contributed by atoms with Gasteiger partial charge in [0.05, 0.1) is 19.3 Å². The van der Waals surface area contributed by atoms with E-state index in [-0.39, 0.29) is 12.0 Å². The molecule has 0 aromatic carbocycles. The van der Waals surface area contributed by atoms with Crippen LogP contribution in [0.2, 0.25) is 0 Å². The lowest BCUT2D eigenvalue weighted by Gasteiger charge is -2.44. The van der Waals surface area contributed by atoms with Gasteiger partial charge < -0.3 is 14.2 Å². The van der Waals surface area contributed by atoms with E-state index in [0.29, 0.717) is 26.4 Å². The minimum Gasteiger partial charge on any atom is -0.439 e. The third-order valence-corrected chi connectivity index (χ3v) is 2.11. The maximum atomic E-state index is 10.8. The van der Waals surface area contributed by atoms with Crippen molar-refractivity contribution >= 4 is 5.97 Å². The molecule has 2 rings (SSSR count). The highest BCUT2D eigenvalue weighted by atomic mass is 16.6. The zero-order valence-corrected chi connectivity index (χ0v) is 7.54. The highest BCUT2D eigenvalue weighted by Gasteiger charge is 2.43. The van der Waals surface area contributed by atoms with Crippen LogP contribution in [0.4, 0.5) is 0 Å². The number of carbonyl (C=O) groups excluding carboxylic acids is 1. The van der Waals surface area contributed by atoms with Crippen molar-refractivity contribution in [2.75, 3.05) is 26.4 Å². The lowest BCUT2D eigenvalue weighted by Crippen LogP contribution is -2.68. The number of nitrogens with one attached hydrogen (secondary N) is 1. The van der Waals surface area contributed by atoms with Crippen LogP contribution >= 0.6 is 0 Å². The Morgan fingerprint density at radius 3 is 2.62 bits per heavy atom. The Morgan fingerprint density at radius 2 is 2.08 bits per heavy atom. The van der Waals surface area contributed by atoms with Crippen molar-refractivity contribution < 1.29 is 19.0 Å². The van der Waals surface area contributed by atoms with Crippen LogP contribution in [0.5, 0.6) is 0 Å². The van der Waals surface area contributed by atoms with Crippen LogP contribution < -0.4 is 5.32 Å². The molecule has 2 saturated heterocycles. The van der Waals surface area contributed by atoms with Crippen molar-refractivity contribution in [3.05, 3.63) is 0 Å². The zero-order valence-electron chi connectivity index (χ0n) is 7.54. The fraction of sp³-hybridized carbons (Fsp3) is 0.875. The van der Waals surface area contributed by atoms with E-state index in [1.807, 2.05) is 0 Å². The number of hydrogen-bond acceptors (Lipinski definition) is 5. The fourth-order valence-electron chi connectivity index (χ4n) is 1.72. The van der Waals surface area contributed by atoms with Gasteiger partial charge in [0.25, 0.3) is 0 Å². The standard InChI is InChI=1S/C8H13NO4/c1-6(10)13-8-4-11-2-7(9-8)3-12-5-8/h7,9H,2-5H2,1H3. The SMILES string of the molecule is CC(=O)OC12COCC(COC1)N2. The summed E-state index contributed by atoms with van der Waals surface area (Å²) < 4.78 is 15.8. The molecule has 5 heteroatoms. The smallest absolute Gasteiger partial charge is 0.304 e. The van der Waals surface area contributed by atoms with E-state index in [1.54, 1.807) is 0 Å². The van der Waals surface area contributed by atoms with Crippen LogP contribution in [0, 0.1) is 0 Å². The molecule has 2 fully saturated rings. The number of ether oxygens (including phenoxy) is 3. The summed E-state index contributed by atoms with van der Waals surface area (Å²) >= 11 is 0. The summed E-state index contributed by atoms with van der Waals surface area (Å²) in [5, 5.41) is 3.20. The first kappa shape index (κ1) is 8.93. The van der Waals surface area contributed by atoms with Crippen LogP contribution in [0.15, 0.2) is 0 Å². The molecule has 0 unspecified atom stereocenters. The average molecular weight is 187 g/mol. The number of fused-ring (bicyclic) bond motifs is 2. The van der Waals surface area contributed by atoms with Gasteiger partial charge in [-0.25, -0.2) is 0 Å². The van der Waals surface area contributed by atoms with E-state index in [4.69, 9.17) is 14.2 Å². The molecule has 1 N–H and O–H groups in total. The number of esters is 1. The number of hydrogen-bond donors (Lipinski definition) is 1. The Kier molecular flexibility index (Phi) is 2.23. The summed E-state index contributed by atoms with van der Waals surface area (Å²) in [5.41, 5.74) is -0.743. The van der Waals surface area contributed by atoms with E-state index in [0.717, 1.165) is 0 Å². The first-order chi connectivity index (χ1) is 6.20. The lowest BCUT2D eigenvalue weighted by atomic mass is 10.1. The summed E-state index contributed by atoms with van der Waals surface area (Å²) in [4.78, 5) is 10.8. The van der Waals surface area contributed by atoms with Crippen molar-refractivity contribution in [2.24, 2.45) is 0 Å². The Morgan fingerprint density at radius 1 is 1.46 bits per heavy atom. The molecule has 74 valence electrons. The Bertz CT molecular complexity index is 208. The molecule has 0 radical (unpaired) electrons. The first-order valence-electron chi connectivity index (χ1n) is 4.33. The molecular weight excluding hydrogens is 174 g/mol. The first-order valence-corrected chi connectivity index (χ1v) is 4.33. The molecule has 0 aliphatic carbocycles. The molecule has 2 bridgehead atoms. The van der Waals surface area contributed by atoms with Gasteiger partial charge in [0.2, 0.25) is 5.72 Å². The van der Waals surface area contributed by atoms with Crippen molar-refractivity contribution in [1.82, 2.24) is 5.32 Å². The molecule has 0 atom stereocenters. The topological polar surface area (TPSA) is 56.8 Å². The Balaban J connectivity index is 2.05. The fourth-order valence-corrected chi connectivity index (χ4v) is 1.72. The molecule has 2 heterocycles. The molecule has 0 aromatic heterocycles. The molecular formula is C8H13NO4. The predicted molar refractivity (Wildman–Crippen MR) is 43.1 cm³/mol. The second-order valence-electron chi connectivity index (χ2n) is 3.46. The number of morpholine rings is 2. The van der Waals surface area contributed by atoms with Crippen molar-refractivity contribution in [1.29, 1.82) is 0 Å². The monoisotopic (exact) mass is 187 g/mol. The van der Waals surface area contributed by atoms with E-state index in [2.05, 4.69) is 5.32 Å². The molecule has 0 aromatic rings. The molecule has 0 spiro atoms. The number of carbonyl (C=O) groups is 1. The van der Waals surface area contributed by atoms with Crippen LogP contribution in [-0.4, -0.2) is 44.2 Å². The van der Waals surface area contributed by atoms with Gasteiger partial charge >= 0.3 is 5.97 Å². The van der Waals surface area contributed by atoms with Crippen LogP contribution in [0.3, 0.4) is 0 Å². The van der Waals surface area contributed by atoms with E-state index in [9.17, 15) is 4.79 Å². The summed E-state index contributed by atoms with van der Waals surface area (Å²) in [6, 6.07) is 0.141. The van der Waals surface area contributed by atoms with Crippen LogP contribution in [0.25, 0.3) is 0 Å². The summed E-state index contributed by atoms with van der Waals surface area (Å²) in [6.45, 7) is 3.34. The van der Waals surface area contributed by atoms with Crippen molar-refractivity contribution in [3.63, 3.8) is 0 Å². The summed E-state index contributed by atoms with van der Waals surface area (Å²) in [6.07, 6.45) is 0. The van der Waals surface area contributed by atoms with E-state index in [1.165, 1.54) is 6.92 Å². The van der Waals surface area contributed by atoms with E-state index < -0.39 is 5.72 Å². The van der Waals surface area contributed by atoms with Gasteiger partial charge in [0.15, 0.2) is 0 Å². The van der Waals surface area contributed by atoms with Gasteiger partial charge in [0, 0.05) is 6.92 Å². The van der Waals surface area contributed by atoms with Crippen molar-refractivity contribution in [3.8, 4) is 0 Å². The van der Waals surface area contributed by atoms with Crippen LogP contribution in [-0.2, 0) is 19.0 Å². The van der Waals surface area contributed by atoms with Crippen LogP contribution in [0.1, 0.15) is 6.92 Å². The van der Waals surface area contributed by atoms with Gasteiger partial charge in [0.1, 0.15) is 13.2 Å². The third kappa shape index (κ3) is 1.82. The van der Waals surface area contributed by atoms with Gasteiger partial charge in [-0.1, -0.05) is 0 Å². The normalized spacial score (nSPS) is 38.4. The summed E-state index contributed by atoms with van der Waals surface area (Å²) in [7, 11) is 0. The van der Waals surface area contributed by atoms with Crippen molar-refractivity contribution in [2.45, 2.75) is 18.7 Å². The quantitative estimate of drug-likeness (QED) is 0.548. The molecule has 2 aliphatic rings. The minimum atomic E-state index is -0.743. The maximum absolute atomic E-state index is 10.8. The maximum Gasteiger partial charge on any atom is 0.304 e.